The number of Topliss-reactive ketones (excluding diaryl/α,β-unsaturated/α-hetero) is 1. The average Bonchev–Trinajstić information content (AvgIpc) is 2.43. The number of rotatable bonds is 4. The zero-order valence-electron chi connectivity index (χ0n) is 12.3. The van der Waals surface area contributed by atoms with Crippen molar-refractivity contribution in [2.45, 2.75) is 25.4 Å². The molecule has 0 amide bonds. The molecule has 0 aromatic heterocycles. The summed E-state index contributed by atoms with van der Waals surface area (Å²) in [7, 11) is 0. The van der Waals surface area contributed by atoms with Crippen molar-refractivity contribution in [1.29, 1.82) is 0 Å². The minimum Gasteiger partial charge on any atom is -0.455 e. The van der Waals surface area contributed by atoms with Crippen molar-refractivity contribution >= 4 is 35.3 Å². The van der Waals surface area contributed by atoms with Crippen LogP contribution in [0.4, 0.5) is 0 Å². The number of cyclic esters (lactones) is 1. The van der Waals surface area contributed by atoms with Crippen LogP contribution < -0.4 is 0 Å². The summed E-state index contributed by atoms with van der Waals surface area (Å²) in [6.45, 7) is 1.82. The fourth-order valence-electron chi connectivity index (χ4n) is 2.46. The van der Waals surface area contributed by atoms with Gasteiger partial charge in [0, 0.05) is 6.42 Å². The number of hydrogen-bond acceptors (Lipinski definition) is 5. The van der Waals surface area contributed by atoms with E-state index in [1.165, 1.54) is 23.5 Å². The van der Waals surface area contributed by atoms with Gasteiger partial charge in [-0.25, -0.2) is 4.79 Å². The van der Waals surface area contributed by atoms with Crippen molar-refractivity contribution in [3.63, 3.8) is 0 Å². The van der Waals surface area contributed by atoms with Gasteiger partial charge in [-0.3, -0.25) is 4.79 Å². The smallest absolute Gasteiger partial charge is 0.344 e. The molecule has 0 N–H and O–H groups in total. The number of hydrogen-bond donors (Lipinski definition) is 0. The Labute approximate surface area is 133 Å². The van der Waals surface area contributed by atoms with Gasteiger partial charge in [-0.15, -0.1) is 23.5 Å². The van der Waals surface area contributed by atoms with Gasteiger partial charge in [-0.2, -0.15) is 0 Å². The van der Waals surface area contributed by atoms with Crippen LogP contribution in [-0.4, -0.2) is 29.9 Å². The molecule has 0 saturated carbocycles. The largest absolute Gasteiger partial charge is 0.455 e. The van der Waals surface area contributed by atoms with Crippen LogP contribution in [0.3, 0.4) is 0 Å². The van der Waals surface area contributed by atoms with Gasteiger partial charge in [0.05, 0.1) is 10.7 Å². The van der Waals surface area contributed by atoms with E-state index in [0.717, 1.165) is 9.80 Å². The Morgan fingerprint density at radius 2 is 1.81 bits per heavy atom. The van der Waals surface area contributed by atoms with E-state index in [-0.39, 0.29) is 17.8 Å². The molecule has 1 unspecified atom stereocenters. The topological polar surface area (TPSA) is 43.4 Å². The van der Waals surface area contributed by atoms with Crippen molar-refractivity contribution < 1.29 is 14.3 Å². The van der Waals surface area contributed by atoms with Gasteiger partial charge in [0.15, 0.2) is 5.78 Å². The van der Waals surface area contributed by atoms with Gasteiger partial charge < -0.3 is 4.74 Å². The molecule has 21 heavy (non-hydrogen) atoms. The summed E-state index contributed by atoms with van der Waals surface area (Å²) in [4.78, 5) is 24.6. The first-order chi connectivity index (χ1) is 9.99. The average molecular weight is 322 g/mol. The Balaban J connectivity index is 2.23. The van der Waals surface area contributed by atoms with E-state index in [1.807, 2.05) is 49.8 Å². The van der Waals surface area contributed by atoms with E-state index >= 15 is 0 Å². The Hall–Kier alpha value is -1.20. The first kappa shape index (κ1) is 16.2. The molecule has 1 aliphatic rings. The molecule has 1 saturated heterocycles. The maximum Gasteiger partial charge on any atom is 0.344 e. The molecule has 0 bridgehead atoms. The second kappa shape index (κ2) is 6.71. The van der Waals surface area contributed by atoms with Crippen LogP contribution in [0.15, 0.2) is 40.1 Å². The minimum absolute atomic E-state index is 0.122. The molecular formula is C16H18O3S2. The van der Waals surface area contributed by atoms with Crippen molar-refractivity contribution in [1.82, 2.24) is 0 Å². The van der Waals surface area contributed by atoms with Gasteiger partial charge in [0.25, 0.3) is 0 Å². The lowest BCUT2D eigenvalue weighted by Crippen LogP contribution is -2.43. The molecular weight excluding hydrogens is 304 g/mol. The first-order valence-electron chi connectivity index (χ1n) is 6.62. The SMILES string of the molecule is CSC(SC)=C1C(=O)CC(C)(Cc2ccccc2)OC1=O. The molecule has 0 aliphatic carbocycles. The van der Waals surface area contributed by atoms with Crippen molar-refractivity contribution in [3.05, 3.63) is 45.7 Å². The minimum atomic E-state index is -0.763. The third-order valence-corrected chi connectivity index (χ3v) is 5.50. The van der Waals surface area contributed by atoms with Crippen LogP contribution in [0.2, 0.25) is 0 Å². The highest BCUT2D eigenvalue weighted by atomic mass is 32.2. The summed E-state index contributed by atoms with van der Waals surface area (Å²) in [5.74, 6) is -0.619. The summed E-state index contributed by atoms with van der Waals surface area (Å²) < 4.78 is 6.33. The normalized spacial score (nSPS) is 22.1. The fourth-order valence-corrected chi connectivity index (χ4v) is 3.93. The maximum atomic E-state index is 12.4. The molecule has 1 heterocycles. The van der Waals surface area contributed by atoms with Crippen LogP contribution in [-0.2, 0) is 20.7 Å². The zero-order valence-corrected chi connectivity index (χ0v) is 14.0. The van der Waals surface area contributed by atoms with Gasteiger partial charge >= 0.3 is 5.97 Å². The number of ketones is 1. The monoisotopic (exact) mass is 322 g/mol. The summed E-state index contributed by atoms with van der Waals surface area (Å²) in [5, 5.41) is 0. The highest BCUT2D eigenvalue weighted by Crippen LogP contribution is 2.36. The lowest BCUT2D eigenvalue weighted by molar-refractivity contribution is -0.161. The van der Waals surface area contributed by atoms with Crippen LogP contribution in [0.1, 0.15) is 18.9 Å². The fraction of sp³-hybridized carbons (Fsp3) is 0.375. The predicted octanol–water partition coefficient (Wildman–Crippen LogP) is 3.44. The molecule has 5 heteroatoms. The standard InChI is InChI=1S/C16H18O3S2/c1-16(9-11-7-5-4-6-8-11)10-12(17)13(14(18)19-16)15(20-2)21-3/h4-8H,9-10H2,1-3H3. The summed E-state index contributed by atoms with van der Waals surface area (Å²) in [5.41, 5.74) is 0.504. The van der Waals surface area contributed by atoms with E-state index < -0.39 is 11.6 Å². The summed E-state index contributed by atoms with van der Waals surface area (Å²) >= 11 is 2.82. The molecule has 1 aliphatic heterocycles. The van der Waals surface area contributed by atoms with Crippen molar-refractivity contribution in [2.75, 3.05) is 12.5 Å². The molecule has 3 nitrogen and oxygen atoms in total. The number of thioether (sulfide) groups is 2. The van der Waals surface area contributed by atoms with E-state index in [0.29, 0.717) is 6.42 Å². The van der Waals surface area contributed by atoms with Crippen molar-refractivity contribution in [2.24, 2.45) is 0 Å². The van der Waals surface area contributed by atoms with Crippen molar-refractivity contribution in [3.8, 4) is 0 Å². The van der Waals surface area contributed by atoms with E-state index in [4.69, 9.17) is 4.74 Å². The van der Waals surface area contributed by atoms with E-state index in [9.17, 15) is 9.59 Å². The van der Waals surface area contributed by atoms with Crippen LogP contribution in [0, 0.1) is 0 Å². The Morgan fingerprint density at radius 1 is 1.19 bits per heavy atom. The number of carbonyl (C=O) groups is 2. The first-order valence-corrected chi connectivity index (χ1v) is 9.07. The van der Waals surface area contributed by atoms with Crippen LogP contribution in [0.25, 0.3) is 0 Å². The molecule has 0 radical (unpaired) electrons. The summed E-state index contributed by atoms with van der Waals surface area (Å²) in [6.07, 6.45) is 4.49. The molecule has 1 atom stereocenters. The summed E-state index contributed by atoms with van der Waals surface area (Å²) in [6, 6.07) is 9.77. The molecule has 1 aromatic rings. The van der Waals surface area contributed by atoms with Crippen LogP contribution in [0.5, 0.6) is 0 Å². The second-order valence-corrected chi connectivity index (χ2v) is 7.06. The maximum absolute atomic E-state index is 12.4. The third kappa shape index (κ3) is 3.71. The second-order valence-electron chi connectivity index (χ2n) is 5.17. The highest BCUT2D eigenvalue weighted by Gasteiger charge is 2.42. The molecule has 112 valence electrons. The number of carbonyl (C=O) groups excluding carboxylic acids is 2. The third-order valence-electron chi connectivity index (χ3n) is 3.35. The number of esters is 1. The van der Waals surface area contributed by atoms with Gasteiger partial charge in [0.2, 0.25) is 0 Å². The van der Waals surface area contributed by atoms with Gasteiger partial charge in [0.1, 0.15) is 11.2 Å². The van der Waals surface area contributed by atoms with E-state index in [1.54, 1.807) is 0 Å². The highest BCUT2D eigenvalue weighted by molar-refractivity contribution is 8.21. The Bertz CT molecular complexity index is 552. The molecule has 0 spiro atoms. The lowest BCUT2D eigenvalue weighted by atomic mass is 9.87. The van der Waals surface area contributed by atoms with Crippen LogP contribution >= 0.6 is 23.5 Å². The molecule has 1 fully saturated rings. The lowest BCUT2D eigenvalue weighted by Gasteiger charge is -2.34. The van der Waals surface area contributed by atoms with Gasteiger partial charge in [-0.05, 0) is 25.0 Å². The van der Waals surface area contributed by atoms with E-state index in [2.05, 4.69) is 0 Å². The molecule has 1 aromatic carbocycles. The Kier molecular flexibility index (Phi) is 5.17. The zero-order chi connectivity index (χ0) is 15.5. The van der Waals surface area contributed by atoms with Gasteiger partial charge in [-0.1, -0.05) is 30.3 Å². The number of ether oxygens (including phenoxy) is 1. The molecule has 2 rings (SSSR count). The quantitative estimate of drug-likeness (QED) is 0.483. The number of benzene rings is 1. The Morgan fingerprint density at radius 3 is 2.33 bits per heavy atom. The predicted molar refractivity (Wildman–Crippen MR) is 88.3 cm³/mol.